The van der Waals surface area contributed by atoms with Crippen molar-refractivity contribution in [2.24, 2.45) is 11.8 Å². The van der Waals surface area contributed by atoms with Gasteiger partial charge in [-0.05, 0) is 60.1 Å². The molecule has 0 saturated heterocycles. The van der Waals surface area contributed by atoms with E-state index in [-0.39, 0.29) is 23.7 Å². The Balaban J connectivity index is 1.65. The van der Waals surface area contributed by atoms with Gasteiger partial charge in [-0.25, -0.2) is 0 Å². The Morgan fingerprint density at radius 3 is 1.28 bits per heavy atom. The number of nitrogens with one attached hydrogen (secondary N) is 2. The summed E-state index contributed by atoms with van der Waals surface area (Å²) in [6.45, 7) is 8.81. The van der Waals surface area contributed by atoms with Gasteiger partial charge in [-0.1, -0.05) is 100 Å². The fraction of sp³-hybridized carbons (Fsp3) is 0.415. The molecule has 0 bridgehead atoms. The zero-order valence-corrected chi connectivity index (χ0v) is 30.3. The Hall–Kier alpha value is -4.44. The Bertz CT molecular complexity index is 1450. The van der Waals surface area contributed by atoms with Crippen LogP contribution in [0.1, 0.15) is 50.2 Å². The predicted molar refractivity (Wildman–Crippen MR) is 199 cm³/mol. The molecular weight excluding hydrogens is 624 g/mol. The molecule has 0 unspecified atom stereocenters. The van der Waals surface area contributed by atoms with Crippen molar-refractivity contribution in [3.63, 3.8) is 0 Å². The van der Waals surface area contributed by atoms with Gasteiger partial charge in [0.25, 0.3) is 0 Å². The lowest BCUT2D eigenvalue weighted by Gasteiger charge is -2.38. The predicted octanol–water partition coefficient (Wildman–Crippen LogP) is 4.91. The normalized spacial score (nSPS) is 14.0. The maximum atomic E-state index is 14.0. The summed E-state index contributed by atoms with van der Waals surface area (Å²) in [7, 11) is 3.58. The minimum atomic E-state index is -0.972. The van der Waals surface area contributed by atoms with E-state index in [1.165, 1.54) is 0 Å². The first-order valence-corrected chi connectivity index (χ1v) is 17.6. The number of hydrogen-bond donors (Lipinski definition) is 3. The van der Waals surface area contributed by atoms with Crippen molar-refractivity contribution in [1.29, 1.82) is 0 Å². The molecule has 0 saturated carbocycles. The highest BCUT2D eigenvalue weighted by atomic mass is 16.3. The van der Waals surface area contributed by atoms with Gasteiger partial charge in [0.1, 0.15) is 0 Å². The minimum Gasteiger partial charge on any atom is -0.390 e. The summed E-state index contributed by atoms with van der Waals surface area (Å²) >= 11 is 0. The molecule has 2 heterocycles. The van der Waals surface area contributed by atoms with E-state index in [4.69, 9.17) is 0 Å². The van der Waals surface area contributed by atoms with Gasteiger partial charge in [-0.3, -0.25) is 30.2 Å². The number of pyridine rings is 2. The van der Waals surface area contributed by atoms with Gasteiger partial charge in [0.2, 0.25) is 11.8 Å². The van der Waals surface area contributed by atoms with Gasteiger partial charge >= 0.3 is 0 Å². The summed E-state index contributed by atoms with van der Waals surface area (Å²) in [5, 5.41) is 19.7. The quantitative estimate of drug-likeness (QED) is 0.137. The first kappa shape index (κ1) is 38.4. The van der Waals surface area contributed by atoms with Gasteiger partial charge in [0.05, 0.1) is 42.7 Å². The van der Waals surface area contributed by atoms with E-state index in [0.29, 0.717) is 25.9 Å². The van der Waals surface area contributed by atoms with E-state index in [1.807, 2.05) is 125 Å². The third-order valence-corrected chi connectivity index (χ3v) is 9.08. The van der Waals surface area contributed by atoms with Gasteiger partial charge in [-0.15, -0.1) is 0 Å². The third-order valence-electron chi connectivity index (χ3n) is 9.08. The van der Waals surface area contributed by atoms with Gasteiger partial charge in [0, 0.05) is 38.6 Å². The lowest BCUT2D eigenvalue weighted by Crippen LogP contribution is -2.62. The lowest BCUT2D eigenvalue weighted by atomic mass is 9.89. The van der Waals surface area contributed by atoms with Crippen LogP contribution < -0.4 is 10.6 Å². The minimum absolute atomic E-state index is 0.0649. The van der Waals surface area contributed by atoms with Gasteiger partial charge in [0.15, 0.2) is 0 Å². The summed E-state index contributed by atoms with van der Waals surface area (Å²) in [5.74, 6) is -0.278. The first-order valence-electron chi connectivity index (χ1n) is 17.6. The van der Waals surface area contributed by atoms with Gasteiger partial charge in [-0.2, -0.15) is 0 Å². The van der Waals surface area contributed by atoms with Crippen LogP contribution in [0.4, 0.5) is 0 Å². The molecule has 2 amide bonds. The molecule has 9 nitrogen and oxygen atoms in total. The molecule has 2 aromatic carbocycles. The molecule has 0 aliphatic carbocycles. The van der Waals surface area contributed by atoms with Crippen LogP contribution in [-0.4, -0.2) is 81.1 Å². The molecule has 2 aromatic heterocycles. The second kappa shape index (κ2) is 19.1. The summed E-state index contributed by atoms with van der Waals surface area (Å²) in [6, 6.07) is 29.2. The van der Waals surface area contributed by atoms with E-state index in [2.05, 4.69) is 20.6 Å². The van der Waals surface area contributed by atoms with Crippen LogP contribution in [0.15, 0.2) is 109 Å². The zero-order valence-electron chi connectivity index (χ0n) is 30.3. The van der Waals surface area contributed by atoms with Crippen LogP contribution in [0, 0.1) is 11.8 Å². The smallest absolute Gasteiger partial charge is 0.240 e. The molecule has 50 heavy (non-hydrogen) atoms. The van der Waals surface area contributed by atoms with E-state index in [1.54, 1.807) is 36.3 Å². The topological polar surface area (TPSA) is 111 Å². The second-order valence-corrected chi connectivity index (χ2v) is 13.9. The molecule has 0 aliphatic heterocycles. The largest absolute Gasteiger partial charge is 0.390 e. The van der Waals surface area contributed by atoms with E-state index < -0.39 is 30.3 Å². The molecule has 266 valence electrons. The number of aliphatic hydroxyl groups is 1. The Labute approximate surface area is 298 Å². The Morgan fingerprint density at radius 2 is 0.960 bits per heavy atom. The number of carbonyl (C=O) groups is 2. The number of hydrogen-bond acceptors (Lipinski definition) is 7. The van der Waals surface area contributed by atoms with Crippen LogP contribution in [-0.2, 0) is 35.5 Å². The second-order valence-electron chi connectivity index (χ2n) is 13.9. The molecule has 0 spiro atoms. The van der Waals surface area contributed by atoms with Crippen molar-refractivity contribution in [3.8, 4) is 0 Å². The maximum Gasteiger partial charge on any atom is 0.240 e. The first-order chi connectivity index (χ1) is 24.0. The number of amides is 2. The summed E-state index contributed by atoms with van der Waals surface area (Å²) in [4.78, 5) is 40.2. The monoisotopic (exact) mass is 678 g/mol. The number of aliphatic hydroxyl groups excluding tert-OH is 1. The SMILES string of the molecule is CC(C)[C@H](N[C@@H](Cc1ccccc1)C(O)[C@H](Cc1ccccc1)N[C@H](C(=O)N(C)Cc1ccccn1)C(C)C)C(=O)N(C)Cc1ccccn1. The summed E-state index contributed by atoms with van der Waals surface area (Å²) in [6.07, 6.45) is 3.44. The number of aromatic nitrogens is 2. The average molecular weight is 679 g/mol. The van der Waals surface area contributed by atoms with Gasteiger partial charge < -0.3 is 14.9 Å². The summed E-state index contributed by atoms with van der Waals surface area (Å²) < 4.78 is 0. The summed E-state index contributed by atoms with van der Waals surface area (Å²) in [5.41, 5.74) is 3.67. The van der Waals surface area contributed by atoms with Crippen LogP contribution in [0.25, 0.3) is 0 Å². The number of benzene rings is 2. The molecular formula is C41H54N6O3. The van der Waals surface area contributed by atoms with Crippen molar-refractivity contribution >= 4 is 11.8 Å². The highest BCUT2D eigenvalue weighted by Gasteiger charge is 2.37. The molecule has 9 heteroatoms. The van der Waals surface area contributed by atoms with Crippen molar-refractivity contribution in [1.82, 2.24) is 30.4 Å². The number of likely N-dealkylation sites (N-methyl/N-ethyl adjacent to an activating group) is 2. The lowest BCUT2D eigenvalue weighted by molar-refractivity contribution is -0.134. The van der Waals surface area contributed by atoms with E-state index in [9.17, 15) is 14.7 Å². The fourth-order valence-electron chi connectivity index (χ4n) is 6.23. The van der Waals surface area contributed by atoms with Crippen LogP contribution >= 0.6 is 0 Å². The molecule has 3 N–H and O–H groups in total. The number of carbonyl (C=O) groups excluding carboxylic acids is 2. The maximum absolute atomic E-state index is 14.0. The molecule has 4 aromatic rings. The molecule has 0 fully saturated rings. The standard InChI is InChI=1S/C41H54N6O3/c1-29(2)37(40(49)46(5)27-33-21-13-15-23-42-33)44-35(25-31-17-9-7-10-18-31)39(48)36(26-32-19-11-8-12-20-32)45-38(30(3)4)41(50)47(6)28-34-22-14-16-24-43-34/h7-24,29-30,35-39,44-45,48H,25-28H2,1-6H3/t35-,36-,37-,38-/m0/s1. The van der Waals surface area contributed by atoms with Crippen LogP contribution in [0.3, 0.4) is 0 Å². The van der Waals surface area contributed by atoms with Crippen molar-refractivity contribution in [3.05, 3.63) is 132 Å². The highest BCUT2D eigenvalue weighted by molar-refractivity contribution is 5.82. The third kappa shape index (κ3) is 11.3. The number of rotatable bonds is 18. The molecule has 4 rings (SSSR count). The average Bonchev–Trinajstić information content (AvgIpc) is 3.12. The number of nitrogens with zero attached hydrogens (tertiary/aromatic N) is 4. The van der Waals surface area contributed by atoms with E-state index in [0.717, 1.165) is 22.5 Å². The van der Waals surface area contributed by atoms with Crippen molar-refractivity contribution < 1.29 is 14.7 Å². The van der Waals surface area contributed by atoms with Crippen molar-refractivity contribution in [2.45, 2.75) is 83.9 Å². The van der Waals surface area contributed by atoms with E-state index >= 15 is 0 Å². The molecule has 4 atom stereocenters. The molecule has 0 aliphatic rings. The Kier molecular flexibility index (Phi) is 14.6. The highest BCUT2D eigenvalue weighted by Crippen LogP contribution is 2.19. The zero-order chi connectivity index (χ0) is 36.0. The Morgan fingerprint density at radius 1 is 0.600 bits per heavy atom. The molecule has 0 radical (unpaired) electrons. The fourth-order valence-corrected chi connectivity index (χ4v) is 6.23. The van der Waals surface area contributed by atoms with Crippen LogP contribution in [0.2, 0.25) is 0 Å². The van der Waals surface area contributed by atoms with Crippen molar-refractivity contribution in [2.75, 3.05) is 14.1 Å². The van der Waals surface area contributed by atoms with Crippen LogP contribution in [0.5, 0.6) is 0 Å².